The summed E-state index contributed by atoms with van der Waals surface area (Å²) in [6, 6.07) is 12.6. The second-order valence-electron chi connectivity index (χ2n) is 6.45. The lowest BCUT2D eigenvalue weighted by molar-refractivity contribution is 0.102. The number of carbonyl (C=O) groups is 1. The molecule has 0 saturated heterocycles. The Balaban J connectivity index is 1.44. The van der Waals surface area contributed by atoms with Gasteiger partial charge in [-0.15, -0.1) is 10.2 Å². The molecule has 4 aromatic rings. The minimum atomic E-state index is -0.213. The van der Waals surface area contributed by atoms with Crippen LogP contribution < -0.4 is 10.9 Å². The second kappa shape index (κ2) is 8.14. The van der Waals surface area contributed by atoms with Gasteiger partial charge in [0.15, 0.2) is 4.34 Å². The van der Waals surface area contributed by atoms with Crippen molar-refractivity contribution in [2.75, 3.05) is 5.32 Å². The minimum Gasteiger partial charge on any atom is -0.296 e. The van der Waals surface area contributed by atoms with Crippen molar-refractivity contribution in [3.05, 3.63) is 81.4 Å². The molecule has 0 spiro atoms. The predicted octanol–water partition coefficient (Wildman–Crippen LogP) is 3.71. The molecule has 4 rings (SSSR count). The number of nitrogens with one attached hydrogen (secondary N) is 1. The average molecular weight is 424 g/mol. The normalized spacial score (nSPS) is 11.0. The van der Waals surface area contributed by atoms with Gasteiger partial charge in [0.25, 0.3) is 11.5 Å². The Morgan fingerprint density at radius 1 is 1.17 bits per heavy atom. The van der Waals surface area contributed by atoms with Crippen LogP contribution in [0, 0.1) is 13.8 Å². The second-order valence-corrected chi connectivity index (χ2v) is 8.65. The van der Waals surface area contributed by atoms with Crippen molar-refractivity contribution in [2.24, 2.45) is 0 Å². The van der Waals surface area contributed by atoms with E-state index in [9.17, 15) is 9.59 Å². The average Bonchev–Trinajstić information content (AvgIpc) is 3.14. The first-order valence-corrected chi connectivity index (χ1v) is 10.6. The number of benzene rings is 1. The zero-order valence-corrected chi connectivity index (χ0v) is 17.4. The van der Waals surface area contributed by atoms with Crippen LogP contribution in [0.5, 0.6) is 0 Å². The summed E-state index contributed by atoms with van der Waals surface area (Å²) in [5.74, 6) is 0.273. The highest BCUT2D eigenvalue weighted by Crippen LogP contribution is 2.28. The summed E-state index contributed by atoms with van der Waals surface area (Å²) in [5, 5.41) is 11.3. The summed E-state index contributed by atoms with van der Waals surface area (Å²) in [6.45, 7) is 3.82. The Kier molecular flexibility index (Phi) is 5.41. The van der Waals surface area contributed by atoms with Crippen molar-refractivity contribution < 1.29 is 4.79 Å². The molecule has 0 aliphatic rings. The largest absolute Gasteiger partial charge is 0.296 e. The fraction of sp³-hybridized carbons (Fsp3) is 0.150. The summed E-state index contributed by atoms with van der Waals surface area (Å²) >= 11 is 2.71. The molecule has 0 saturated carbocycles. The number of hydrogen-bond donors (Lipinski definition) is 1. The third-order valence-corrected chi connectivity index (χ3v) is 6.23. The van der Waals surface area contributed by atoms with Gasteiger partial charge in [0.05, 0.1) is 5.69 Å². The van der Waals surface area contributed by atoms with Crippen LogP contribution in [-0.2, 0) is 5.75 Å². The zero-order chi connectivity index (χ0) is 20.4. The van der Waals surface area contributed by atoms with Crippen LogP contribution in [0.2, 0.25) is 0 Å². The van der Waals surface area contributed by atoms with Gasteiger partial charge >= 0.3 is 0 Å². The van der Waals surface area contributed by atoms with Crippen molar-refractivity contribution in [3.63, 3.8) is 0 Å². The maximum Gasteiger partial charge on any atom is 0.258 e. The number of hydrogen-bond acceptors (Lipinski definition) is 7. The standard InChI is InChI=1S/C20H17N5O2S2/c1-12-7-8-16-21-14(9-17(26)25(16)10-12)11-28-20-24-23-19(29-20)22-18(27)15-6-4-3-5-13(15)2/h3-10H,11H2,1-2H3,(H,22,23,27). The van der Waals surface area contributed by atoms with E-state index in [4.69, 9.17) is 0 Å². The van der Waals surface area contributed by atoms with Crippen molar-refractivity contribution in [1.82, 2.24) is 19.6 Å². The van der Waals surface area contributed by atoms with Gasteiger partial charge < -0.3 is 0 Å². The molecule has 0 fully saturated rings. The van der Waals surface area contributed by atoms with E-state index in [0.29, 0.717) is 32.1 Å². The SMILES string of the molecule is Cc1ccc2nc(CSc3nnc(NC(=O)c4ccccc4C)s3)cc(=O)n2c1. The summed E-state index contributed by atoms with van der Waals surface area (Å²) < 4.78 is 2.23. The number of aromatic nitrogens is 4. The van der Waals surface area contributed by atoms with Gasteiger partial charge in [0, 0.05) is 23.6 Å². The van der Waals surface area contributed by atoms with Gasteiger partial charge in [0.2, 0.25) is 5.13 Å². The Labute approximate surface area is 174 Å². The van der Waals surface area contributed by atoms with Gasteiger partial charge in [-0.1, -0.05) is 47.4 Å². The number of rotatable bonds is 5. The highest BCUT2D eigenvalue weighted by atomic mass is 32.2. The molecular formula is C20H17N5O2S2. The molecule has 0 aliphatic heterocycles. The molecule has 0 unspecified atom stereocenters. The van der Waals surface area contributed by atoms with E-state index in [-0.39, 0.29) is 11.5 Å². The number of fused-ring (bicyclic) bond motifs is 1. The number of pyridine rings is 1. The predicted molar refractivity (Wildman–Crippen MR) is 115 cm³/mol. The van der Waals surface area contributed by atoms with Crippen LogP contribution in [0.25, 0.3) is 5.65 Å². The maximum absolute atomic E-state index is 12.4. The molecule has 3 aromatic heterocycles. The molecule has 29 heavy (non-hydrogen) atoms. The zero-order valence-electron chi connectivity index (χ0n) is 15.7. The van der Waals surface area contributed by atoms with E-state index in [1.807, 2.05) is 44.2 Å². The van der Waals surface area contributed by atoms with Crippen molar-refractivity contribution in [1.29, 1.82) is 0 Å². The summed E-state index contributed by atoms with van der Waals surface area (Å²) in [4.78, 5) is 29.2. The molecule has 9 heteroatoms. The molecular weight excluding hydrogens is 406 g/mol. The molecule has 7 nitrogen and oxygen atoms in total. The molecule has 146 valence electrons. The minimum absolute atomic E-state index is 0.113. The third-order valence-electron chi connectivity index (χ3n) is 4.22. The Bertz CT molecular complexity index is 1270. The van der Waals surface area contributed by atoms with E-state index in [1.54, 1.807) is 12.3 Å². The van der Waals surface area contributed by atoms with E-state index in [0.717, 1.165) is 11.1 Å². The van der Waals surface area contributed by atoms with Crippen molar-refractivity contribution >= 4 is 39.8 Å². The molecule has 1 N–H and O–H groups in total. The molecule has 1 amide bonds. The highest BCUT2D eigenvalue weighted by Gasteiger charge is 2.13. The van der Waals surface area contributed by atoms with Gasteiger partial charge in [-0.2, -0.15) is 0 Å². The van der Waals surface area contributed by atoms with Crippen LogP contribution in [0.3, 0.4) is 0 Å². The molecule has 3 heterocycles. The maximum atomic E-state index is 12.4. The Morgan fingerprint density at radius 2 is 2.00 bits per heavy atom. The summed E-state index contributed by atoms with van der Waals surface area (Å²) in [5.41, 5.74) is 3.67. The van der Waals surface area contributed by atoms with Gasteiger partial charge in [0.1, 0.15) is 5.65 Å². The van der Waals surface area contributed by atoms with E-state index >= 15 is 0 Å². The van der Waals surface area contributed by atoms with E-state index in [2.05, 4.69) is 20.5 Å². The Morgan fingerprint density at radius 3 is 2.83 bits per heavy atom. The number of nitrogens with zero attached hydrogens (tertiary/aromatic N) is 4. The topological polar surface area (TPSA) is 89.2 Å². The third kappa shape index (κ3) is 4.36. The van der Waals surface area contributed by atoms with Crippen LogP contribution in [0.1, 0.15) is 27.2 Å². The van der Waals surface area contributed by atoms with E-state index in [1.165, 1.54) is 33.6 Å². The molecule has 0 atom stereocenters. The molecule has 1 aromatic carbocycles. The molecule has 0 aliphatic carbocycles. The Hall–Kier alpha value is -3.04. The molecule has 0 radical (unpaired) electrons. The first-order valence-electron chi connectivity index (χ1n) is 8.82. The molecule has 0 bridgehead atoms. The van der Waals surface area contributed by atoms with Crippen LogP contribution in [-0.4, -0.2) is 25.5 Å². The number of carbonyl (C=O) groups excluding carboxylic acids is 1. The lowest BCUT2D eigenvalue weighted by Crippen LogP contribution is -2.15. The van der Waals surface area contributed by atoms with Crippen LogP contribution >= 0.6 is 23.1 Å². The fourth-order valence-corrected chi connectivity index (χ4v) is 4.42. The monoisotopic (exact) mass is 423 g/mol. The van der Waals surface area contributed by atoms with Gasteiger partial charge in [-0.3, -0.25) is 19.3 Å². The number of aryl methyl sites for hydroxylation is 2. The van der Waals surface area contributed by atoms with E-state index < -0.39 is 0 Å². The van der Waals surface area contributed by atoms with Crippen LogP contribution in [0.4, 0.5) is 5.13 Å². The summed E-state index contributed by atoms with van der Waals surface area (Å²) in [6.07, 6.45) is 1.77. The lowest BCUT2D eigenvalue weighted by Gasteiger charge is -2.04. The quantitative estimate of drug-likeness (QED) is 0.389. The van der Waals surface area contributed by atoms with Gasteiger partial charge in [-0.05, 0) is 37.1 Å². The van der Waals surface area contributed by atoms with Crippen LogP contribution in [0.15, 0.2) is 57.8 Å². The summed E-state index contributed by atoms with van der Waals surface area (Å²) in [7, 11) is 0. The lowest BCUT2D eigenvalue weighted by atomic mass is 10.1. The van der Waals surface area contributed by atoms with Gasteiger partial charge in [-0.25, -0.2) is 4.98 Å². The van der Waals surface area contributed by atoms with Crippen molar-refractivity contribution in [3.8, 4) is 0 Å². The fourth-order valence-electron chi connectivity index (χ4n) is 2.78. The smallest absolute Gasteiger partial charge is 0.258 e. The number of amides is 1. The first kappa shape index (κ1) is 19.3. The number of thioether (sulfide) groups is 1. The number of anilines is 1. The first-order chi connectivity index (χ1) is 14.0. The van der Waals surface area contributed by atoms with Crippen molar-refractivity contribution in [2.45, 2.75) is 23.9 Å². The highest BCUT2D eigenvalue weighted by molar-refractivity contribution is 8.00.